The van der Waals surface area contributed by atoms with Crippen molar-refractivity contribution in [1.82, 2.24) is 4.90 Å². The molecule has 0 radical (unpaired) electrons. The maximum atomic E-state index is 9.95. The zero-order valence-corrected chi connectivity index (χ0v) is 12.0. The van der Waals surface area contributed by atoms with Crippen LogP contribution in [0.1, 0.15) is 18.4 Å². The number of hydrogen-bond donors (Lipinski definition) is 1. The number of piperidine rings is 1. The van der Waals surface area contributed by atoms with E-state index in [1.165, 1.54) is 0 Å². The summed E-state index contributed by atoms with van der Waals surface area (Å²) in [5.41, 5.74) is 0.844. The molecule has 0 unspecified atom stereocenters. The van der Waals surface area contributed by atoms with Gasteiger partial charge < -0.3 is 19.5 Å². The van der Waals surface area contributed by atoms with E-state index in [-0.39, 0.29) is 12.0 Å². The lowest BCUT2D eigenvalue weighted by molar-refractivity contribution is 0.112. The standard InChI is InChI=1S/C15H23NO3/c1-16-8-6-15(11-17,7-9-16)13-10-12(18-2)4-5-14(13)19-3/h4-5,10,17H,6-9,11H2,1-3H3. The zero-order chi connectivity index (χ0) is 13.9. The SMILES string of the molecule is COc1ccc(OC)c(C2(CO)CCN(C)CC2)c1. The van der Waals surface area contributed by atoms with Crippen LogP contribution in [0, 0.1) is 0 Å². The maximum absolute atomic E-state index is 9.95. The average Bonchev–Trinajstić information content (AvgIpc) is 2.48. The van der Waals surface area contributed by atoms with Crippen LogP contribution >= 0.6 is 0 Å². The van der Waals surface area contributed by atoms with Crippen molar-refractivity contribution in [2.24, 2.45) is 0 Å². The Kier molecular flexibility index (Phi) is 4.32. The lowest BCUT2D eigenvalue weighted by Gasteiger charge is -2.40. The van der Waals surface area contributed by atoms with Crippen LogP contribution in [0.5, 0.6) is 11.5 Å². The molecular formula is C15H23NO3. The molecule has 1 fully saturated rings. The van der Waals surface area contributed by atoms with Crippen LogP contribution in [0.15, 0.2) is 18.2 Å². The lowest BCUT2D eigenvalue weighted by atomic mass is 9.73. The van der Waals surface area contributed by atoms with Gasteiger partial charge in [0.1, 0.15) is 11.5 Å². The molecule has 0 atom stereocenters. The molecule has 0 amide bonds. The minimum atomic E-state index is -0.216. The fourth-order valence-corrected chi connectivity index (χ4v) is 2.79. The predicted molar refractivity (Wildman–Crippen MR) is 75.0 cm³/mol. The summed E-state index contributed by atoms with van der Waals surface area (Å²) in [5, 5.41) is 9.95. The zero-order valence-electron chi connectivity index (χ0n) is 12.0. The van der Waals surface area contributed by atoms with Gasteiger partial charge in [-0.05, 0) is 51.2 Å². The van der Waals surface area contributed by atoms with Gasteiger partial charge in [0.15, 0.2) is 0 Å². The maximum Gasteiger partial charge on any atom is 0.122 e. The second-order valence-corrected chi connectivity index (χ2v) is 5.31. The highest BCUT2D eigenvalue weighted by Gasteiger charge is 2.37. The summed E-state index contributed by atoms with van der Waals surface area (Å²) in [6.07, 6.45) is 1.87. The molecule has 1 N–H and O–H groups in total. The van der Waals surface area contributed by atoms with Crippen molar-refractivity contribution in [3.05, 3.63) is 23.8 Å². The van der Waals surface area contributed by atoms with Gasteiger partial charge in [0.25, 0.3) is 0 Å². The number of methoxy groups -OCH3 is 2. The van der Waals surface area contributed by atoms with Gasteiger partial charge in [-0.25, -0.2) is 0 Å². The van der Waals surface area contributed by atoms with E-state index < -0.39 is 0 Å². The second kappa shape index (κ2) is 5.80. The molecule has 1 aromatic carbocycles. The van der Waals surface area contributed by atoms with E-state index in [4.69, 9.17) is 9.47 Å². The Morgan fingerprint density at radius 3 is 2.42 bits per heavy atom. The number of nitrogens with zero attached hydrogens (tertiary/aromatic N) is 1. The first-order valence-corrected chi connectivity index (χ1v) is 6.67. The first kappa shape index (κ1) is 14.2. The molecule has 1 heterocycles. The van der Waals surface area contributed by atoms with Gasteiger partial charge in [-0.1, -0.05) is 0 Å². The van der Waals surface area contributed by atoms with E-state index in [2.05, 4.69) is 11.9 Å². The Bertz CT molecular complexity index is 425. The monoisotopic (exact) mass is 265 g/mol. The first-order valence-electron chi connectivity index (χ1n) is 6.67. The van der Waals surface area contributed by atoms with Crippen LogP contribution in [0.2, 0.25) is 0 Å². The highest BCUT2D eigenvalue weighted by Crippen LogP contribution is 2.41. The third kappa shape index (κ3) is 2.69. The Hall–Kier alpha value is -1.26. The summed E-state index contributed by atoms with van der Waals surface area (Å²) in [4.78, 5) is 2.29. The van der Waals surface area contributed by atoms with Crippen LogP contribution < -0.4 is 9.47 Å². The highest BCUT2D eigenvalue weighted by atomic mass is 16.5. The average molecular weight is 265 g/mol. The molecule has 106 valence electrons. The minimum absolute atomic E-state index is 0.143. The topological polar surface area (TPSA) is 41.9 Å². The predicted octanol–water partition coefficient (Wildman–Crippen LogP) is 1.66. The molecule has 1 saturated heterocycles. The Morgan fingerprint density at radius 1 is 1.21 bits per heavy atom. The van der Waals surface area contributed by atoms with Gasteiger partial charge in [0, 0.05) is 11.0 Å². The molecule has 4 nitrogen and oxygen atoms in total. The third-order valence-corrected chi connectivity index (χ3v) is 4.22. The van der Waals surface area contributed by atoms with Gasteiger partial charge >= 0.3 is 0 Å². The normalized spacial score (nSPS) is 19.2. The fourth-order valence-electron chi connectivity index (χ4n) is 2.79. The Morgan fingerprint density at radius 2 is 1.89 bits per heavy atom. The summed E-state index contributed by atoms with van der Waals surface area (Å²) in [5.74, 6) is 1.64. The molecule has 0 spiro atoms. The van der Waals surface area contributed by atoms with Gasteiger partial charge in [-0.3, -0.25) is 0 Å². The van der Waals surface area contributed by atoms with E-state index in [1.54, 1.807) is 14.2 Å². The van der Waals surface area contributed by atoms with Crippen LogP contribution in [0.25, 0.3) is 0 Å². The first-order chi connectivity index (χ1) is 9.15. The molecule has 2 rings (SSSR count). The van der Waals surface area contributed by atoms with Crippen LogP contribution in [0.3, 0.4) is 0 Å². The molecule has 0 bridgehead atoms. The number of benzene rings is 1. The smallest absolute Gasteiger partial charge is 0.122 e. The van der Waals surface area contributed by atoms with E-state index in [1.807, 2.05) is 18.2 Å². The molecule has 19 heavy (non-hydrogen) atoms. The lowest BCUT2D eigenvalue weighted by Crippen LogP contribution is -2.43. The molecule has 0 aromatic heterocycles. The number of ether oxygens (including phenoxy) is 2. The van der Waals surface area contributed by atoms with Crippen LogP contribution in [0.4, 0.5) is 0 Å². The van der Waals surface area contributed by atoms with Crippen molar-refractivity contribution in [3.63, 3.8) is 0 Å². The number of aliphatic hydroxyl groups is 1. The second-order valence-electron chi connectivity index (χ2n) is 5.31. The van der Waals surface area contributed by atoms with Crippen molar-refractivity contribution in [3.8, 4) is 11.5 Å². The summed E-state index contributed by atoms with van der Waals surface area (Å²) in [6.45, 7) is 2.12. The van der Waals surface area contributed by atoms with E-state index in [0.717, 1.165) is 43.0 Å². The van der Waals surface area contributed by atoms with Crippen molar-refractivity contribution >= 4 is 0 Å². The van der Waals surface area contributed by atoms with Gasteiger partial charge in [-0.2, -0.15) is 0 Å². The van der Waals surface area contributed by atoms with Crippen LogP contribution in [-0.4, -0.2) is 51.0 Å². The van der Waals surface area contributed by atoms with Crippen LogP contribution in [-0.2, 0) is 5.41 Å². The molecular weight excluding hydrogens is 242 g/mol. The van der Waals surface area contributed by atoms with Crippen molar-refractivity contribution in [2.45, 2.75) is 18.3 Å². The Balaban J connectivity index is 2.41. The van der Waals surface area contributed by atoms with Gasteiger partial charge in [-0.15, -0.1) is 0 Å². The summed E-state index contributed by atoms with van der Waals surface area (Å²) in [6, 6.07) is 5.81. The minimum Gasteiger partial charge on any atom is -0.497 e. The molecule has 4 heteroatoms. The number of hydrogen-bond acceptors (Lipinski definition) is 4. The summed E-state index contributed by atoms with van der Waals surface area (Å²) >= 11 is 0. The third-order valence-electron chi connectivity index (χ3n) is 4.22. The highest BCUT2D eigenvalue weighted by molar-refractivity contribution is 5.45. The van der Waals surface area contributed by atoms with E-state index >= 15 is 0 Å². The summed E-state index contributed by atoms with van der Waals surface area (Å²) < 4.78 is 10.8. The van der Waals surface area contributed by atoms with Gasteiger partial charge in [0.2, 0.25) is 0 Å². The summed E-state index contributed by atoms with van der Waals surface area (Å²) in [7, 11) is 5.45. The number of rotatable bonds is 4. The van der Waals surface area contributed by atoms with Crippen molar-refractivity contribution < 1.29 is 14.6 Å². The van der Waals surface area contributed by atoms with E-state index in [0.29, 0.717) is 0 Å². The van der Waals surface area contributed by atoms with Crippen molar-refractivity contribution in [1.29, 1.82) is 0 Å². The number of aliphatic hydroxyl groups excluding tert-OH is 1. The quantitative estimate of drug-likeness (QED) is 0.899. The molecule has 0 aliphatic carbocycles. The molecule has 0 saturated carbocycles. The fraction of sp³-hybridized carbons (Fsp3) is 0.600. The largest absolute Gasteiger partial charge is 0.497 e. The molecule has 1 aliphatic heterocycles. The van der Waals surface area contributed by atoms with Crippen molar-refractivity contribution in [2.75, 3.05) is 41.0 Å². The number of likely N-dealkylation sites (tertiary alicyclic amines) is 1. The Labute approximate surface area is 114 Å². The molecule has 1 aromatic rings. The van der Waals surface area contributed by atoms with Gasteiger partial charge in [0.05, 0.1) is 20.8 Å². The van der Waals surface area contributed by atoms with E-state index in [9.17, 15) is 5.11 Å². The molecule has 1 aliphatic rings.